The largest absolute Gasteiger partial charge is 0.491 e. The van der Waals surface area contributed by atoms with Crippen molar-refractivity contribution in [2.45, 2.75) is 37.0 Å². The van der Waals surface area contributed by atoms with Crippen LogP contribution in [0.1, 0.15) is 29.8 Å². The van der Waals surface area contributed by atoms with E-state index in [4.69, 9.17) is 4.74 Å². The first kappa shape index (κ1) is 20.9. The topological polar surface area (TPSA) is 92.7 Å². The van der Waals surface area contributed by atoms with Crippen LogP contribution >= 0.6 is 0 Å². The Balaban J connectivity index is 1.86. The zero-order valence-electron chi connectivity index (χ0n) is 15.7. The molecule has 0 spiro atoms. The predicted octanol–water partition coefficient (Wildman–Crippen LogP) is 2.35. The lowest BCUT2D eigenvalue weighted by Crippen LogP contribution is -2.35. The van der Waals surface area contributed by atoms with E-state index in [1.54, 1.807) is 19.9 Å². The Morgan fingerprint density at radius 1 is 1.15 bits per heavy atom. The molecule has 0 radical (unpaired) electrons. The molecule has 27 heavy (non-hydrogen) atoms. The van der Waals surface area contributed by atoms with E-state index < -0.39 is 27.1 Å². The molecule has 0 heterocycles. The van der Waals surface area contributed by atoms with Crippen LogP contribution in [0.5, 0.6) is 5.75 Å². The van der Waals surface area contributed by atoms with Gasteiger partial charge in [0.25, 0.3) is 5.91 Å². The van der Waals surface area contributed by atoms with Gasteiger partial charge in [-0.15, -0.1) is 0 Å². The molecule has 0 aliphatic rings. The number of carbonyl (C=O) groups is 1. The van der Waals surface area contributed by atoms with Crippen molar-refractivity contribution in [3.05, 3.63) is 59.7 Å². The highest BCUT2D eigenvalue weighted by molar-refractivity contribution is 7.92. The molecule has 7 heteroatoms. The summed E-state index contributed by atoms with van der Waals surface area (Å²) < 4.78 is 29.7. The van der Waals surface area contributed by atoms with Gasteiger partial charge in [0.15, 0.2) is 9.84 Å². The summed E-state index contributed by atoms with van der Waals surface area (Å²) in [5, 5.41) is 12.1. The molecule has 2 rings (SSSR count). The van der Waals surface area contributed by atoms with Gasteiger partial charge in [-0.2, -0.15) is 0 Å². The Morgan fingerprint density at radius 3 is 2.41 bits per heavy atom. The van der Waals surface area contributed by atoms with Crippen LogP contribution < -0.4 is 10.1 Å². The van der Waals surface area contributed by atoms with E-state index in [0.717, 1.165) is 5.56 Å². The maximum absolute atomic E-state index is 12.2. The van der Waals surface area contributed by atoms with Crippen molar-refractivity contribution in [1.29, 1.82) is 0 Å². The quantitative estimate of drug-likeness (QED) is 0.721. The fourth-order valence-corrected chi connectivity index (χ4v) is 3.40. The minimum Gasteiger partial charge on any atom is -0.491 e. The molecule has 0 saturated heterocycles. The van der Waals surface area contributed by atoms with Gasteiger partial charge in [-0.05, 0) is 62.7 Å². The van der Waals surface area contributed by atoms with Gasteiger partial charge in [-0.3, -0.25) is 4.79 Å². The summed E-state index contributed by atoms with van der Waals surface area (Å²) in [5.74, 6) is 0.264. The van der Waals surface area contributed by atoms with Crippen molar-refractivity contribution in [3.8, 4) is 5.75 Å². The second-order valence-corrected chi connectivity index (χ2v) is 9.11. The number of aryl methyl sites for hydroxylation is 1. The molecule has 0 bridgehead atoms. The van der Waals surface area contributed by atoms with E-state index in [1.807, 2.05) is 25.1 Å². The average molecular weight is 391 g/mol. The third-order valence-corrected chi connectivity index (χ3v) is 6.17. The van der Waals surface area contributed by atoms with E-state index in [2.05, 4.69) is 5.32 Å². The summed E-state index contributed by atoms with van der Waals surface area (Å²) in [5.41, 5.74) is 1.38. The molecule has 2 N–H and O–H groups in total. The summed E-state index contributed by atoms with van der Waals surface area (Å²) >= 11 is 0. The molecule has 1 atom stereocenters. The summed E-state index contributed by atoms with van der Waals surface area (Å²) in [6.45, 7) is 5.24. The van der Waals surface area contributed by atoms with Gasteiger partial charge in [-0.1, -0.05) is 12.1 Å². The van der Waals surface area contributed by atoms with Crippen LogP contribution in [0.4, 0.5) is 0 Å². The van der Waals surface area contributed by atoms with Crippen molar-refractivity contribution >= 4 is 15.7 Å². The fraction of sp³-hybridized carbons (Fsp3) is 0.350. The standard InChI is InChI=1S/C20H25NO5S/c1-14(2)27(24,25)19-9-7-16(8-10-19)20(23)21-12-17(22)13-26-18-6-4-5-15(3)11-18/h4-11,14,17,22H,12-13H2,1-3H3,(H,21,23). The van der Waals surface area contributed by atoms with Gasteiger partial charge in [0.05, 0.1) is 10.1 Å². The van der Waals surface area contributed by atoms with Gasteiger partial charge in [0.2, 0.25) is 0 Å². The first-order valence-electron chi connectivity index (χ1n) is 8.70. The number of ether oxygens (including phenoxy) is 1. The predicted molar refractivity (Wildman–Crippen MR) is 104 cm³/mol. The number of aliphatic hydroxyl groups excluding tert-OH is 1. The van der Waals surface area contributed by atoms with Crippen molar-refractivity contribution < 1.29 is 23.1 Å². The molecule has 2 aromatic rings. The second-order valence-electron chi connectivity index (χ2n) is 6.61. The molecule has 2 aromatic carbocycles. The van der Waals surface area contributed by atoms with Crippen molar-refractivity contribution in [2.75, 3.05) is 13.2 Å². The Hall–Kier alpha value is -2.38. The number of rotatable bonds is 8. The SMILES string of the molecule is Cc1cccc(OCC(O)CNC(=O)c2ccc(S(=O)(=O)C(C)C)cc2)c1. The van der Waals surface area contributed by atoms with Crippen LogP contribution in [-0.2, 0) is 9.84 Å². The van der Waals surface area contributed by atoms with Gasteiger partial charge >= 0.3 is 0 Å². The number of nitrogens with one attached hydrogen (secondary N) is 1. The van der Waals surface area contributed by atoms with E-state index in [-0.39, 0.29) is 18.0 Å². The summed E-state index contributed by atoms with van der Waals surface area (Å²) in [7, 11) is -3.37. The minimum absolute atomic E-state index is 0.0245. The Morgan fingerprint density at radius 2 is 1.81 bits per heavy atom. The molecule has 0 aliphatic carbocycles. The Labute approximate surface area is 160 Å². The van der Waals surface area contributed by atoms with Crippen molar-refractivity contribution in [1.82, 2.24) is 5.32 Å². The van der Waals surface area contributed by atoms with Crippen molar-refractivity contribution in [2.24, 2.45) is 0 Å². The zero-order chi connectivity index (χ0) is 20.0. The van der Waals surface area contributed by atoms with E-state index >= 15 is 0 Å². The number of aliphatic hydroxyl groups is 1. The highest BCUT2D eigenvalue weighted by atomic mass is 32.2. The molecule has 0 fully saturated rings. The van der Waals surface area contributed by atoms with Gasteiger partial charge < -0.3 is 15.2 Å². The molecule has 6 nitrogen and oxygen atoms in total. The third kappa shape index (κ3) is 5.80. The van der Waals surface area contributed by atoms with Gasteiger partial charge in [0, 0.05) is 12.1 Å². The number of amides is 1. The summed E-state index contributed by atoms with van der Waals surface area (Å²) in [6.07, 6.45) is -0.866. The van der Waals surface area contributed by atoms with Crippen molar-refractivity contribution in [3.63, 3.8) is 0 Å². The maximum Gasteiger partial charge on any atom is 0.251 e. The average Bonchev–Trinajstić information content (AvgIpc) is 2.64. The van der Waals surface area contributed by atoms with Crippen LogP contribution in [-0.4, -0.2) is 43.9 Å². The minimum atomic E-state index is -3.37. The van der Waals surface area contributed by atoms with Gasteiger partial charge in [0.1, 0.15) is 18.5 Å². The summed E-state index contributed by atoms with van der Waals surface area (Å²) in [4.78, 5) is 12.3. The molecule has 0 aromatic heterocycles. The highest BCUT2D eigenvalue weighted by Gasteiger charge is 2.19. The molecule has 0 saturated carbocycles. The Kier molecular flexibility index (Phi) is 6.98. The fourth-order valence-electron chi connectivity index (χ4n) is 2.34. The molecule has 0 aliphatic heterocycles. The number of benzene rings is 2. The number of sulfone groups is 1. The van der Waals surface area contributed by atoms with E-state index in [0.29, 0.717) is 11.3 Å². The van der Waals surface area contributed by atoms with E-state index in [9.17, 15) is 18.3 Å². The lowest BCUT2D eigenvalue weighted by atomic mass is 10.2. The van der Waals surface area contributed by atoms with Crippen LogP contribution in [0.15, 0.2) is 53.4 Å². The monoisotopic (exact) mass is 391 g/mol. The smallest absolute Gasteiger partial charge is 0.251 e. The maximum atomic E-state index is 12.2. The molecular formula is C20H25NO5S. The van der Waals surface area contributed by atoms with Crippen LogP contribution in [0, 0.1) is 6.92 Å². The highest BCUT2D eigenvalue weighted by Crippen LogP contribution is 2.16. The first-order chi connectivity index (χ1) is 12.7. The van der Waals surface area contributed by atoms with Gasteiger partial charge in [-0.25, -0.2) is 8.42 Å². The summed E-state index contributed by atoms with van der Waals surface area (Å²) in [6, 6.07) is 13.2. The molecule has 1 amide bonds. The van der Waals surface area contributed by atoms with Crippen LogP contribution in [0.25, 0.3) is 0 Å². The molecular weight excluding hydrogens is 366 g/mol. The molecule has 146 valence electrons. The first-order valence-corrected chi connectivity index (χ1v) is 10.2. The number of hydrogen-bond acceptors (Lipinski definition) is 5. The molecule has 1 unspecified atom stereocenters. The normalized spacial score (nSPS) is 12.6. The zero-order valence-corrected chi connectivity index (χ0v) is 16.5. The lowest BCUT2D eigenvalue weighted by Gasteiger charge is -2.14. The van der Waals surface area contributed by atoms with E-state index in [1.165, 1.54) is 24.3 Å². The Bertz CT molecular complexity index is 876. The van der Waals surface area contributed by atoms with Crippen LogP contribution in [0.3, 0.4) is 0 Å². The second kappa shape index (κ2) is 9.01. The number of carbonyl (C=O) groups excluding carboxylic acids is 1. The lowest BCUT2D eigenvalue weighted by molar-refractivity contribution is 0.0843. The van der Waals surface area contributed by atoms with Crippen LogP contribution in [0.2, 0.25) is 0 Å². The number of hydrogen-bond donors (Lipinski definition) is 2. The third-order valence-electron chi connectivity index (χ3n) is 4.00.